The Morgan fingerprint density at radius 1 is 0.280 bits per heavy atom. The van der Waals surface area contributed by atoms with Gasteiger partial charge in [0.15, 0.2) is 6.10 Å². The Morgan fingerprint density at radius 3 is 0.867 bits per heavy atom. The van der Waals surface area contributed by atoms with Crippen LogP contribution in [0.15, 0.2) is 97.2 Å². The van der Waals surface area contributed by atoms with E-state index < -0.39 is 6.10 Å². The van der Waals surface area contributed by atoms with Gasteiger partial charge in [-0.1, -0.05) is 317 Å². The van der Waals surface area contributed by atoms with Gasteiger partial charge in [-0.25, -0.2) is 0 Å². The molecule has 0 aliphatic carbocycles. The summed E-state index contributed by atoms with van der Waals surface area (Å²) in [6, 6.07) is 0. The van der Waals surface area contributed by atoms with Crippen molar-refractivity contribution >= 4 is 17.9 Å². The molecule has 0 bridgehead atoms. The molecule has 0 radical (unpaired) electrons. The van der Waals surface area contributed by atoms with E-state index in [1.165, 1.54) is 193 Å². The average Bonchev–Trinajstić information content (AvgIpc) is 3.41. The molecular weight excluding hydrogens is 925 g/mol. The molecule has 0 rings (SSSR count). The number of esters is 3. The Bertz CT molecular complexity index is 1480. The number of carbonyl (C=O) groups is 3. The third-order valence-electron chi connectivity index (χ3n) is 13.8. The first kappa shape index (κ1) is 71.3. The number of rotatable bonds is 57. The zero-order chi connectivity index (χ0) is 54.3. The van der Waals surface area contributed by atoms with Crippen LogP contribution in [-0.2, 0) is 28.6 Å². The van der Waals surface area contributed by atoms with Crippen LogP contribution in [0.4, 0.5) is 0 Å². The molecule has 6 nitrogen and oxygen atoms in total. The summed E-state index contributed by atoms with van der Waals surface area (Å²) in [6.45, 7) is 6.49. The maximum absolute atomic E-state index is 12.9. The highest BCUT2D eigenvalue weighted by atomic mass is 16.6. The fraction of sp³-hybridized carbons (Fsp3) is 0.725. The number of hydrogen-bond acceptors (Lipinski definition) is 6. The van der Waals surface area contributed by atoms with E-state index in [2.05, 4.69) is 51.2 Å². The minimum Gasteiger partial charge on any atom is -0.462 e. The minimum atomic E-state index is -0.800. The number of carbonyl (C=O) groups excluding carboxylic acids is 3. The van der Waals surface area contributed by atoms with Crippen molar-refractivity contribution in [2.75, 3.05) is 13.2 Å². The summed E-state index contributed by atoms with van der Waals surface area (Å²) in [4.78, 5) is 38.3. The quantitative estimate of drug-likeness (QED) is 0.0199. The molecule has 0 saturated carbocycles. The van der Waals surface area contributed by atoms with Crippen molar-refractivity contribution in [2.45, 2.75) is 309 Å². The first-order valence-electron chi connectivity index (χ1n) is 31.8. The van der Waals surface area contributed by atoms with Gasteiger partial charge in [0.2, 0.25) is 0 Å². The molecule has 0 saturated heterocycles. The summed E-state index contributed by atoms with van der Waals surface area (Å²) in [5.41, 5.74) is 0. The molecule has 0 fully saturated rings. The van der Waals surface area contributed by atoms with E-state index in [0.29, 0.717) is 19.3 Å². The van der Waals surface area contributed by atoms with Gasteiger partial charge in [0, 0.05) is 19.3 Å². The van der Waals surface area contributed by atoms with Crippen LogP contribution in [0.2, 0.25) is 0 Å². The van der Waals surface area contributed by atoms with E-state index >= 15 is 0 Å². The Kier molecular flexibility index (Phi) is 59.8. The van der Waals surface area contributed by atoms with Gasteiger partial charge < -0.3 is 14.2 Å². The topological polar surface area (TPSA) is 78.9 Å². The van der Waals surface area contributed by atoms with E-state index in [1.54, 1.807) is 0 Å². The van der Waals surface area contributed by atoms with E-state index in [9.17, 15) is 14.4 Å². The molecule has 0 aliphatic heterocycles. The van der Waals surface area contributed by atoms with Crippen molar-refractivity contribution < 1.29 is 28.6 Å². The first-order chi connectivity index (χ1) is 37.0. The van der Waals surface area contributed by atoms with Crippen LogP contribution in [0.3, 0.4) is 0 Å². The van der Waals surface area contributed by atoms with Crippen LogP contribution in [0.5, 0.6) is 0 Å². The highest BCUT2D eigenvalue weighted by Gasteiger charge is 2.19. The molecule has 0 aromatic heterocycles. The van der Waals surface area contributed by atoms with Crippen molar-refractivity contribution in [1.82, 2.24) is 0 Å². The van der Waals surface area contributed by atoms with Crippen LogP contribution in [0, 0.1) is 0 Å². The number of ether oxygens (including phenoxy) is 3. The molecule has 75 heavy (non-hydrogen) atoms. The summed E-state index contributed by atoms with van der Waals surface area (Å²) in [7, 11) is 0. The summed E-state index contributed by atoms with van der Waals surface area (Å²) in [6.07, 6.45) is 84.0. The predicted molar refractivity (Wildman–Crippen MR) is 325 cm³/mol. The molecule has 0 spiro atoms. The number of hydrogen-bond donors (Lipinski definition) is 0. The SMILES string of the molecule is CC\C=C/C=C\C=C/C=C\C=C\C=C/C=C\CCCCCC(=O)OCC(COC(=O)CCCCCCCCCCCCCCCCCCCCC)OC(=O)CCCCCCCCC/C=C\CCCCCCCCCC. The third kappa shape index (κ3) is 61.1. The van der Waals surface area contributed by atoms with Gasteiger partial charge in [-0.15, -0.1) is 0 Å². The molecule has 430 valence electrons. The van der Waals surface area contributed by atoms with Gasteiger partial charge in [0.1, 0.15) is 13.2 Å². The van der Waals surface area contributed by atoms with Crippen molar-refractivity contribution in [3.05, 3.63) is 97.2 Å². The number of unbranched alkanes of at least 4 members (excludes halogenated alkanes) is 36. The second-order valence-electron chi connectivity index (χ2n) is 21.1. The van der Waals surface area contributed by atoms with E-state index in [1.807, 2.05) is 66.8 Å². The van der Waals surface area contributed by atoms with Crippen LogP contribution >= 0.6 is 0 Å². The first-order valence-corrected chi connectivity index (χ1v) is 31.8. The Morgan fingerprint density at radius 2 is 0.533 bits per heavy atom. The summed E-state index contributed by atoms with van der Waals surface area (Å²) < 4.78 is 16.9. The van der Waals surface area contributed by atoms with Crippen molar-refractivity contribution in [1.29, 1.82) is 0 Å². The second-order valence-corrected chi connectivity index (χ2v) is 21.1. The predicted octanol–water partition coefficient (Wildman–Crippen LogP) is 21.7. The molecule has 0 aromatic carbocycles. The lowest BCUT2D eigenvalue weighted by Gasteiger charge is -2.18. The molecule has 0 aromatic rings. The maximum Gasteiger partial charge on any atom is 0.306 e. The molecule has 0 aliphatic rings. The summed E-state index contributed by atoms with van der Waals surface area (Å²) in [5.74, 6) is -0.931. The zero-order valence-electron chi connectivity index (χ0n) is 49.3. The molecule has 1 unspecified atom stereocenters. The monoisotopic (exact) mass is 1040 g/mol. The minimum absolute atomic E-state index is 0.0920. The Balaban J connectivity index is 4.46. The van der Waals surface area contributed by atoms with Gasteiger partial charge in [-0.3, -0.25) is 14.4 Å². The molecule has 6 heteroatoms. The van der Waals surface area contributed by atoms with Gasteiger partial charge in [-0.2, -0.15) is 0 Å². The lowest BCUT2D eigenvalue weighted by molar-refractivity contribution is -0.167. The lowest BCUT2D eigenvalue weighted by atomic mass is 10.0. The Labute approximate surface area is 464 Å². The zero-order valence-corrected chi connectivity index (χ0v) is 49.3. The van der Waals surface area contributed by atoms with Gasteiger partial charge in [0.25, 0.3) is 0 Å². The van der Waals surface area contributed by atoms with Crippen molar-refractivity contribution in [2.24, 2.45) is 0 Å². The molecule has 0 N–H and O–H groups in total. The van der Waals surface area contributed by atoms with Crippen LogP contribution in [0.25, 0.3) is 0 Å². The molecule has 0 amide bonds. The van der Waals surface area contributed by atoms with Gasteiger partial charge in [-0.05, 0) is 64.2 Å². The third-order valence-corrected chi connectivity index (χ3v) is 13.8. The van der Waals surface area contributed by atoms with E-state index in [0.717, 1.165) is 70.6 Å². The van der Waals surface area contributed by atoms with Crippen LogP contribution in [-0.4, -0.2) is 37.2 Å². The summed E-state index contributed by atoms with van der Waals surface area (Å²) >= 11 is 0. The maximum atomic E-state index is 12.9. The highest BCUT2D eigenvalue weighted by Crippen LogP contribution is 2.17. The van der Waals surface area contributed by atoms with Crippen molar-refractivity contribution in [3.8, 4) is 0 Å². The average molecular weight is 1040 g/mol. The molecule has 0 heterocycles. The van der Waals surface area contributed by atoms with Crippen LogP contribution in [0.1, 0.15) is 303 Å². The smallest absolute Gasteiger partial charge is 0.306 e. The van der Waals surface area contributed by atoms with Gasteiger partial charge >= 0.3 is 17.9 Å². The molecule has 1 atom stereocenters. The largest absolute Gasteiger partial charge is 0.462 e. The van der Waals surface area contributed by atoms with Crippen molar-refractivity contribution in [3.63, 3.8) is 0 Å². The lowest BCUT2D eigenvalue weighted by Crippen LogP contribution is -2.30. The molecular formula is C69H118O6. The second kappa shape index (κ2) is 62.9. The van der Waals surface area contributed by atoms with Gasteiger partial charge in [0.05, 0.1) is 0 Å². The normalized spacial score (nSPS) is 12.7. The highest BCUT2D eigenvalue weighted by molar-refractivity contribution is 5.71. The fourth-order valence-corrected chi connectivity index (χ4v) is 9.01. The number of allylic oxidation sites excluding steroid dienone is 16. The fourth-order valence-electron chi connectivity index (χ4n) is 9.01. The summed E-state index contributed by atoms with van der Waals surface area (Å²) in [5, 5.41) is 0. The Hall–Kier alpha value is -3.67. The standard InChI is InChI=1S/C69H118O6/c1-4-7-10-13-16-19-22-25-28-31-34-37-40-43-46-49-52-55-58-61-67(70)73-64-66(75-69(72)63-60-57-54-51-48-45-42-39-36-33-30-27-24-21-18-15-12-9-6-3)65-74-68(71)62-59-56-53-50-47-44-41-38-35-32-29-26-23-20-17-14-11-8-5-2/h7,10,13,16,19,22,25,28,31,33-34,36-37,40,43,46,66H,4-6,8-9,11-12,14-15,17-18,20-21,23-24,26-27,29-30,32,35,38-39,41-42,44-45,47-65H2,1-3H3/b10-7-,16-13-,22-19-,28-25-,34-31+,36-33-,40-37-,46-43-. The van der Waals surface area contributed by atoms with E-state index in [-0.39, 0.29) is 31.1 Å². The van der Waals surface area contributed by atoms with E-state index in [4.69, 9.17) is 14.2 Å². The van der Waals surface area contributed by atoms with Crippen LogP contribution < -0.4 is 0 Å².